The number of halogens is 1. The fourth-order valence-corrected chi connectivity index (χ4v) is 1.47. The van der Waals surface area contributed by atoms with Gasteiger partial charge in [-0.25, -0.2) is 4.39 Å². The number of likely N-dealkylation sites (N-methyl/N-ethyl adjacent to an activating group) is 1. The van der Waals surface area contributed by atoms with Crippen molar-refractivity contribution in [2.75, 3.05) is 6.54 Å². The molecule has 0 saturated carbocycles. The van der Waals surface area contributed by atoms with Crippen molar-refractivity contribution in [3.8, 4) is 0 Å². The van der Waals surface area contributed by atoms with Gasteiger partial charge in [-0.05, 0) is 31.2 Å². The van der Waals surface area contributed by atoms with Crippen LogP contribution >= 0.6 is 0 Å². The molecule has 1 N–H and O–H groups in total. The van der Waals surface area contributed by atoms with E-state index in [1.165, 1.54) is 6.07 Å². The number of rotatable bonds is 4. The predicted molar refractivity (Wildman–Crippen MR) is 57.6 cm³/mol. The van der Waals surface area contributed by atoms with Crippen molar-refractivity contribution in [2.45, 2.75) is 19.9 Å². The molecule has 76 valence electrons. The van der Waals surface area contributed by atoms with E-state index in [4.69, 9.17) is 0 Å². The van der Waals surface area contributed by atoms with Crippen LogP contribution in [0.3, 0.4) is 0 Å². The van der Waals surface area contributed by atoms with Crippen LogP contribution in [0, 0.1) is 5.82 Å². The Morgan fingerprint density at radius 1 is 1.57 bits per heavy atom. The first kappa shape index (κ1) is 10.9. The number of hydrogen-bond acceptors (Lipinski definition) is 1. The van der Waals surface area contributed by atoms with Crippen LogP contribution in [0.25, 0.3) is 0 Å². The first-order chi connectivity index (χ1) is 6.65. The number of nitrogens with one attached hydrogen (secondary N) is 1. The van der Waals surface area contributed by atoms with Gasteiger partial charge in [-0.1, -0.05) is 31.2 Å². The van der Waals surface area contributed by atoms with E-state index < -0.39 is 0 Å². The highest BCUT2D eigenvalue weighted by atomic mass is 19.1. The molecule has 1 aromatic carbocycles. The second kappa shape index (κ2) is 4.91. The maximum atomic E-state index is 13.0. The van der Waals surface area contributed by atoms with Gasteiger partial charge in [-0.3, -0.25) is 0 Å². The number of benzene rings is 1. The van der Waals surface area contributed by atoms with Gasteiger partial charge in [0.15, 0.2) is 0 Å². The third-order valence-corrected chi connectivity index (χ3v) is 2.08. The third-order valence-electron chi connectivity index (χ3n) is 2.08. The molecule has 1 rings (SSSR count). The van der Waals surface area contributed by atoms with E-state index in [1.54, 1.807) is 12.1 Å². The zero-order chi connectivity index (χ0) is 10.6. The summed E-state index contributed by atoms with van der Waals surface area (Å²) in [5.41, 5.74) is 1.93. The molecule has 1 aromatic rings. The second-order valence-corrected chi connectivity index (χ2v) is 3.39. The Hall–Kier alpha value is -1.15. The van der Waals surface area contributed by atoms with Crippen molar-refractivity contribution in [2.24, 2.45) is 0 Å². The summed E-state index contributed by atoms with van der Waals surface area (Å²) in [6.07, 6.45) is 0. The zero-order valence-corrected chi connectivity index (χ0v) is 8.68. The molecule has 0 aliphatic carbocycles. The van der Waals surface area contributed by atoms with Crippen molar-refractivity contribution in [3.05, 3.63) is 47.8 Å². The molecule has 0 saturated heterocycles. The Bertz CT molecular complexity index is 320. The summed E-state index contributed by atoms with van der Waals surface area (Å²) in [4.78, 5) is 0. The topological polar surface area (TPSA) is 12.0 Å². The SMILES string of the molecule is C=C(C)C(NCC)c1cccc(F)c1. The second-order valence-electron chi connectivity index (χ2n) is 3.39. The van der Waals surface area contributed by atoms with Crippen LogP contribution in [-0.4, -0.2) is 6.54 Å². The van der Waals surface area contributed by atoms with E-state index in [2.05, 4.69) is 11.9 Å². The van der Waals surface area contributed by atoms with Gasteiger partial charge in [0.05, 0.1) is 6.04 Å². The summed E-state index contributed by atoms with van der Waals surface area (Å²) in [5.74, 6) is -0.202. The Morgan fingerprint density at radius 3 is 2.79 bits per heavy atom. The molecule has 1 nitrogen and oxygen atoms in total. The van der Waals surface area contributed by atoms with Crippen LogP contribution in [0.2, 0.25) is 0 Å². The zero-order valence-electron chi connectivity index (χ0n) is 8.68. The fourth-order valence-electron chi connectivity index (χ4n) is 1.47. The summed E-state index contributed by atoms with van der Waals surface area (Å²) < 4.78 is 13.0. The summed E-state index contributed by atoms with van der Waals surface area (Å²) in [7, 11) is 0. The third kappa shape index (κ3) is 2.67. The minimum Gasteiger partial charge on any atom is -0.307 e. The molecule has 0 amide bonds. The molecule has 0 heterocycles. The highest BCUT2D eigenvalue weighted by Gasteiger charge is 2.10. The van der Waals surface area contributed by atoms with Crippen molar-refractivity contribution in [1.29, 1.82) is 0 Å². The first-order valence-corrected chi connectivity index (χ1v) is 4.79. The molecule has 2 heteroatoms. The maximum absolute atomic E-state index is 13.0. The van der Waals surface area contributed by atoms with E-state index in [9.17, 15) is 4.39 Å². The first-order valence-electron chi connectivity index (χ1n) is 4.79. The van der Waals surface area contributed by atoms with Crippen molar-refractivity contribution in [3.63, 3.8) is 0 Å². The molecule has 0 aliphatic rings. The smallest absolute Gasteiger partial charge is 0.123 e. The van der Waals surface area contributed by atoms with Crippen molar-refractivity contribution in [1.82, 2.24) is 5.32 Å². The Kier molecular flexibility index (Phi) is 3.84. The molecular formula is C12H16FN. The molecular weight excluding hydrogens is 177 g/mol. The Balaban J connectivity index is 2.93. The van der Waals surface area contributed by atoms with E-state index in [0.29, 0.717) is 0 Å². The molecule has 0 radical (unpaired) electrons. The van der Waals surface area contributed by atoms with Crippen LogP contribution in [0.15, 0.2) is 36.4 Å². The highest BCUT2D eigenvalue weighted by Crippen LogP contribution is 2.20. The van der Waals surface area contributed by atoms with Crippen LogP contribution in [0.5, 0.6) is 0 Å². The van der Waals surface area contributed by atoms with E-state index in [1.807, 2.05) is 19.9 Å². The lowest BCUT2D eigenvalue weighted by molar-refractivity contribution is 0.598. The lowest BCUT2D eigenvalue weighted by Crippen LogP contribution is -2.21. The van der Waals surface area contributed by atoms with Crippen molar-refractivity contribution < 1.29 is 4.39 Å². The predicted octanol–water partition coefficient (Wildman–Crippen LogP) is 3.05. The average molecular weight is 193 g/mol. The molecule has 1 unspecified atom stereocenters. The molecule has 0 aromatic heterocycles. The van der Waals surface area contributed by atoms with Crippen LogP contribution < -0.4 is 5.32 Å². The normalized spacial score (nSPS) is 12.5. The van der Waals surface area contributed by atoms with Gasteiger partial charge in [0.1, 0.15) is 5.82 Å². The van der Waals surface area contributed by atoms with Crippen LogP contribution in [0.4, 0.5) is 4.39 Å². The van der Waals surface area contributed by atoms with Gasteiger partial charge in [0.2, 0.25) is 0 Å². The fraction of sp³-hybridized carbons (Fsp3) is 0.333. The molecule has 0 spiro atoms. The van der Waals surface area contributed by atoms with Crippen molar-refractivity contribution >= 4 is 0 Å². The Labute approximate surface area is 84.6 Å². The minimum absolute atomic E-state index is 0.0516. The molecule has 1 atom stereocenters. The number of hydrogen-bond donors (Lipinski definition) is 1. The molecule has 14 heavy (non-hydrogen) atoms. The molecule has 0 fully saturated rings. The highest BCUT2D eigenvalue weighted by molar-refractivity contribution is 5.26. The van der Waals surface area contributed by atoms with E-state index in [-0.39, 0.29) is 11.9 Å². The maximum Gasteiger partial charge on any atom is 0.123 e. The van der Waals surface area contributed by atoms with Gasteiger partial charge in [-0.2, -0.15) is 0 Å². The van der Waals surface area contributed by atoms with E-state index >= 15 is 0 Å². The largest absolute Gasteiger partial charge is 0.307 e. The summed E-state index contributed by atoms with van der Waals surface area (Å²) >= 11 is 0. The van der Waals surface area contributed by atoms with Gasteiger partial charge < -0.3 is 5.32 Å². The van der Waals surface area contributed by atoms with Gasteiger partial charge in [0.25, 0.3) is 0 Å². The van der Waals surface area contributed by atoms with Crippen LogP contribution in [0.1, 0.15) is 25.5 Å². The average Bonchev–Trinajstić information content (AvgIpc) is 2.13. The van der Waals surface area contributed by atoms with Crippen LogP contribution in [-0.2, 0) is 0 Å². The van der Waals surface area contributed by atoms with Gasteiger partial charge in [0, 0.05) is 0 Å². The lowest BCUT2D eigenvalue weighted by Gasteiger charge is -2.18. The summed E-state index contributed by atoms with van der Waals surface area (Å²) in [6, 6.07) is 6.67. The quantitative estimate of drug-likeness (QED) is 0.725. The Morgan fingerprint density at radius 2 is 2.29 bits per heavy atom. The lowest BCUT2D eigenvalue weighted by atomic mass is 10.0. The van der Waals surface area contributed by atoms with E-state index in [0.717, 1.165) is 17.7 Å². The monoisotopic (exact) mass is 193 g/mol. The standard InChI is InChI=1S/C12H16FN/c1-4-14-12(9(2)3)10-6-5-7-11(13)8-10/h5-8,12,14H,2,4H2,1,3H3. The minimum atomic E-state index is -0.202. The van der Waals surface area contributed by atoms with Gasteiger partial charge >= 0.3 is 0 Å². The summed E-state index contributed by atoms with van der Waals surface area (Å²) in [5, 5.41) is 3.26. The summed E-state index contributed by atoms with van der Waals surface area (Å²) in [6.45, 7) is 8.70. The van der Waals surface area contributed by atoms with Gasteiger partial charge in [-0.15, -0.1) is 0 Å². The molecule has 0 bridgehead atoms. The molecule has 0 aliphatic heterocycles.